The van der Waals surface area contributed by atoms with Crippen molar-refractivity contribution < 1.29 is 4.79 Å². The number of hydrogen-bond donors (Lipinski definition) is 3. The minimum Gasteiger partial charge on any atom is -0.354 e. The molecule has 0 aliphatic heterocycles. The van der Waals surface area contributed by atoms with Crippen LogP contribution in [-0.4, -0.2) is 22.4 Å². The second-order valence-electron chi connectivity index (χ2n) is 6.41. The summed E-state index contributed by atoms with van der Waals surface area (Å²) in [5, 5.41) is 10.0. The summed E-state index contributed by atoms with van der Waals surface area (Å²) in [5.74, 6) is 1.13. The SMILES string of the molecule is CC(=O)Nc1cccc(Nc2cc(C)nc(NCCc3cccc(Cl)c3)n2)c1. The van der Waals surface area contributed by atoms with Crippen LogP contribution in [-0.2, 0) is 11.2 Å². The Morgan fingerprint density at radius 1 is 1.04 bits per heavy atom. The molecular formula is C21H22ClN5O. The maximum absolute atomic E-state index is 11.2. The number of nitrogens with one attached hydrogen (secondary N) is 3. The van der Waals surface area contributed by atoms with Crippen LogP contribution in [0, 0.1) is 6.92 Å². The van der Waals surface area contributed by atoms with E-state index in [2.05, 4.69) is 25.9 Å². The lowest BCUT2D eigenvalue weighted by Gasteiger charge is -2.11. The van der Waals surface area contributed by atoms with E-state index in [1.165, 1.54) is 6.92 Å². The number of rotatable bonds is 7. The molecule has 3 aromatic rings. The molecule has 0 fully saturated rings. The molecule has 1 amide bonds. The number of carbonyl (C=O) groups excluding carboxylic acids is 1. The molecule has 144 valence electrons. The van der Waals surface area contributed by atoms with Gasteiger partial charge in [-0.2, -0.15) is 4.98 Å². The van der Waals surface area contributed by atoms with Gasteiger partial charge in [-0.25, -0.2) is 4.98 Å². The summed E-state index contributed by atoms with van der Waals surface area (Å²) in [6.45, 7) is 4.10. The van der Waals surface area contributed by atoms with E-state index in [1.807, 2.05) is 61.5 Å². The average Bonchev–Trinajstić information content (AvgIpc) is 2.61. The van der Waals surface area contributed by atoms with Crippen LogP contribution in [0.1, 0.15) is 18.2 Å². The Balaban J connectivity index is 1.65. The summed E-state index contributed by atoms with van der Waals surface area (Å²) in [5.41, 5.74) is 3.55. The number of carbonyl (C=O) groups is 1. The summed E-state index contributed by atoms with van der Waals surface area (Å²) in [6.07, 6.45) is 0.819. The van der Waals surface area contributed by atoms with Crippen molar-refractivity contribution in [3.63, 3.8) is 0 Å². The number of benzene rings is 2. The molecule has 0 bridgehead atoms. The number of aromatic nitrogens is 2. The zero-order chi connectivity index (χ0) is 19.9. The highest BCUT2D eigenvalue weighted by Crippen LogP contribution is 2.20. The van der Waals surface area contributed by atoms with E-state index in [4.69, 9.17) is 11.6 Å². The zero-order valence-corrected chi connectivity index (χ0v) is 16.5. The van der Waals surface area contributed by atoms with Crippen LogP contribution in [0.2, 0.25) is 5.02 Å². The lowest BCUT2D eigenvalue weighted by atomic mass is 10.1. The summed E-state index contributed by atoms with van der Waals surface area (Å²) >= 11 is 6.02. The molecule has 0 spiro atoms. The van der Waals surface area contributed by atoms with Crippen LogP contribution in [0.15, 0.2) is 54.6 Å². The fraction of sp³-hybridized carbons (Fsp3) is 0.190. The molecule has 7 heteroatoms. The number of aryl methyl sites for hydroxylation is 1. The van der Waals surface area contributed by atoms with Crippen LogP contribution in [0.3, 0.4) is 0 Å². The molecule has 3 N–H and O–H groups in total. The molecule has 0 unspecified atom stereocenters. The highest BCUT2D eigenvalue weighted by atomic mass is 35.5. The standard InChI is InChI=1S/C21H22ClN5O/c1-14-11-20(26-19-8-4-7-18(13-19)25-15(2)28)27-21(24-14)23-10-9-16-5-3-6-17(22)12-16/h3-8,11-13H,9-10H2,1-2H3,(H,25,28)(H2,23,24,26,27). The molecule has 2 aromatic carbocycles. The quantitative estimate of drug-likeness (QED) is 0.535. The summed E-state index contributed by atoms with van der Waals surface area (Å²) < 4.78 is 0. The van der Waals surface area contributed by atoms with Crippen molar-refractivity contribution >= 4 is 40.6 Å². The number of amides is 1. The molecule has 0 aliphatic carbocycles. The van der Waals surface area contributed by atoms with Gasteiger partial charge in [-0.3, -0.25) is 4.79 Å². The first-order valence-corrected chi connectivity index (χ1v) is 9.34. The van der Waals surface area contributed by atoms with Gasteiger partial charge in [-0.15, -0.1) is 0 Å². The van der Waals surface area contributed by atoms with Gasteiger partial charge in [0.15, 0.2) is 0 Å². The molecule has 28 heavy (non-hydrogen) atoms. The molecule has 6 nitrogen and oxygen atoms in total. The van der Waals surface area contributed by atoms with Gasteiger partial charge >= 0.3 is 0 Å². The summed E-state index contributed by atoms with van der Waals surface area (Å²) in [7, 11) is 0. The molecule has 1 aromatic heterocycles. The third kappa shape index (κ3) is 5.96. The van der Waals surface area contributed by atoms with E-state index in [1.54, 1.807) is 0 Å². The van der Waals surface area contributed by atoms with Crippen LogP contribution >= 0.6 is 11.6 Å². The fourth-order valence-corrected chi connectivity index (χ4v) is 2.96. The number of anilines is 4. The van der Waals surface area contributed by atoms with Gasteiger partial charge in [0.2, 0.25) is 11.9 Å². The molecule has 3 rings (SSSR count). The monoisotopic (exact) mass is 395 g/mol. The van der Waals surface area contributed by atoms with E-state index < -0.39 is 0 Å². The van der Waals surface area contributed by atoms with Crippen LogP contribution < -0.4 is 16.0 Å². The van der Waals surface area contributed by atoms with Crippen molar-refractivity contribution in [1.29, 1.82) is 0 Å². The van der Waals surface area contributed by atoms with Gasteiger partial charge in [0.05, 0.1) is 0 Å². The van der Waals surface area contributed by atoms with E-state index in [-0.39, 0.29) is 5.91 Å². The maximum Gasteiger partial charge on any atom is 0.224 e. The van der Waals surface area contributed by atoms with E-state index in [9.17, 15) is 4.79 Å². The van der Waals surface area contributed by atoms with Gasteiger partial charge in [-0.05, 0) is 49.2 Å². The van der Waals surface area contributed by atoms with E-state index in [0.29, 0.717) is 18.3 Å². The normalized spacial score (nSPS) is 10.4. The predicted molar refractivity (Wildman–Crippen MR) is 114 cm³/mol. The summed E-state index contributed by atoms with van der Waals surface area (Å²) in [4.78, 5) is 20.2. The third-order valence-electron chi connectivity index (χ3n) is 3.90. The summed E-state index contributed by atoms with van der Waals surface area (Å²) in [6, 6.07) is 17.1. The minimum absolute atomic E-state index is 0.110. The highest BCUT2D eigenvalue weighted by molar-refractivity contribution is 6.30. The second-order valence-corrected chi connectivity index (χ2v) is 6.85. The number of hydrogen-bond acceptors (Lipinski definition) is 5. The fourth-order valence-electron chi connectivity index (χ4n) is 2.75. The van der Waals surface area contributed by atoms with Gasteiger partial charge in [-0.1, -0.05) is 29.8 Å². The van der Waals surface area contributed by atoms with Gasteiger partial charge in [0.1, 0.15) is 5.82 Å². The van der Waals surface area contributed by atoms with Crippen molar-refractivity contribution in [3.8, 4) is 0 Å². The molecule has 0 aliphatic rings. The Hall–Kier alpha value is -3.12. The van der Waals surface area contributed by atoms with Gasteiger partial charge < -0.3 is 16.0 Å². The lowest BCUT2D eigenvalue weighted by Crippen LogP contribution is -2.10. The van der Waals surface area contributed by atoms with Crippen molar-refractivity contribution in [1.82, 2.24) is 9.97 Å². The Morgan fingerprint density at radius 3 is 2.61 bits per heavy atom. The van der Waals surface area contributed by atoms with Crippen LogP contribution in [0.25, 0.3) is 0 Å². The lowest BCUT2D eigenvalue weighted by molar-refractivity contribution is -0.114. The van der Waals surface area contributed by atoms with Crippen molar-refractivity contribution in [2.24, 2.45) is 0 Å². The first kappa shape index (κ1) is 19.6. The number of nitrogens with zero attached hydrogens (tertiary/aromatic N) is 2. The van der Waals surface area contributed by atoms with Crippen molar-refractivity contribution in [3.05, 3.63) is 70.9 Å². The second kappa shape index (κ2) is 9.19. The van der Waals surface area contributed by atoms with Crippen molar-refractivity contribution in [2.45, 2.75) is 20.3 Å². The van der Waals surface area contributed by atoms with E-state index in [0.717, 1.165) is 34.1 Å². The smallest absolute Gasteiger partial charge is 0.224 e. The van der Waals surface area contributed by atoms with Gasteiger partial charge in [0, 0.05) is 41.6 Å². The predicted octanol–water partition coefficient (Wildman–Crippen LogP) is 4.80. The molecule has 0 atom stereocenters. The zero-order valence-electron chi connectivity index (χ0n) is 15.8. The Morgan fingerprint density at radius 2 is 1.82 bits per heavy atom. The Kier molecular flexibility index (Phi) is 6.45. The number of halogens is 1. The maximum atomic E-state index is 11.2. The molecule has 0 radical (unpaired) electrons. The molecular weight excluding hydrogens is 374 g/mol. The molecule has 1 heterocycles. The van der Waals surface area contributed by atoms with Gasteiger partial charge in [0.25, 0.3) is 0 Å². The molecule has 0 saturated heterocycles. The molecule has 0 saturated carbocycles. The van der Waals surface area contributed by atoms with Crippen molar-refractivity contribution in [2.75, 3.05) is 22.5 Å². The highest BCUT2D eigenvalue weighted by Gasteiger charge is 2.04. The topological polar surface area (TPSA) is 78.9 Å². The minimum atomic E-state index is -0.110. The first-order chi connectivity index (χ1) is 13.5. The van der Waals surface area contributed by atoms with Crippen LogP contribution in [0.4, 0.5) is 23.1 Å². The Bertz CT molecular complexity index is 977. The van der Waals surface area contributed by atoms with E-state index >= 15 is 0 Å². The first-order valence-electron chi connectivity index (χ1n) is 8.96. The largest absolute Gasteiger partial charge is 0.354 e. The third-order valence-corrected chi connectivity index (χ3v) is 4.13. The Labute approximate surface area is 169 Å². The van der Waals surface area contributed by atoms with Crippen LogP contribution in [0.5, 0.6) is 0 Å². The average molecular weight is 396 g/mol.